The van der Waals surface area contributed by atoms with E-state index in [1.807, 2.05) is 24.3 Å². The summed E-state index contributed by atoms with van der Waals surface area (Å²) in [6.07, 6.45) is 0.218. The highest BCUT2D eigenvalue weighted by molar-refractivity contribution is 5.95. The molecule has 3 rings (SSSR count). The Labute approximate surface area is 180 Å². The first-order valence-electron chi connectivity index (χ1n) is 10.5. The van der Waals surface area contributed by atoms with E-state index in [2.05, 4.69) is 29.1 Å². The van der Waals surface area contributed by atoms with Gasteiger partial charge in [0, 0.05) is 12.1 Å². The van der Waals surface area contributed by atoms with Crippen LogP contribution in [0.15, 0.2) is 53.3 Å². The molecule has 0 aliphatic carbocycles. The van der Waals surface area contributed by atoms with E-state index in [1.54, 1.807) is 24.3 Å². The Hall–Kier alpha value is -3.48. The van der Waals surface area contributed by atoms with Gasteiger partial charge in [0.15, 0.2) is 6.10 Å². The van der Waals surface area contributed by atoms with Crippen LogP contribution in [0.5, 0.6) is 0 Å². The second-order valence-corrected chi connectivity index (χ2v) is 7.55. The molecular formula is C24H27N3O4. The number of ether oxygens (including phenoxy) is 1. The molecule has 0 fully saturated rings. The summed E-state index contributed by atoms with van der Waals surface area (Å²) < 4.78 is 5.28. The van der Waals surface area contributed by atoms with Crippen LogP contribution < -0.4 is 10.9 Å². The Kier molecular flexibility index (Phi) is 7.18. The SMILES string of the molecule is CC[C@@H](C)c1ccccc1NC(=O)[C@H](C)OC(=O)CCc1nc2ccccc2c(=O)[nH]1. The number of carbonyl (C=O) groups excluding carboxylic acids is 2. The van der Waals surface area contributed by atoms with E-state index < -0.39 is 12.1 Å². The average molecular weight is 421 g/mol. The number of nitrogens with one attached hydrogen (secondary N) is 2. The molecule has 0 radical (unpaired) electrons. The molecule has 2 aromatic carbocycles. The van der Waals surface area contributed by atoms with Gasteiger partial charge >= 0.3 is 5.97 Å². The quantitative estimate of drug-likeness (QED) is 0.537. The van der Waals surface area contributed by atoms with E-state index in [4.69, 9.17) is 4.74 Å². The molecule has 1 amide bonds. The minimum atomic E-state index is -0.943. The third-order valence-electron chi connectivity index (χ3n) is 5.27. The van der Waals surface area contributed by atoms with Crippen molar-refractivity contribution in [1.82, 2.24) is 9.97 Å². The number of aromatic nitrogens is 2. The highest BCUT2D eigenvalue weighted by atomic mass is 16.5. The summed E-state index contributed by atoms with van der Waals surface area (Å²) in [5, 5.41) is 3.35. The van der Waals surface area contributed by atoms with Gasteiger partial charge in [-0.05, 0) is 43.0 Å². The third kappa shape index (κ3) is 5.57. The minimum absolute atomic E-state index is 0.00234. The van der Waals surface area contributed by atoms with Crippen LogP contribution in [0.2, 0.25) is 0 Å². The van der Waals surface area contributed by atoms with Gasteiger partial charge in [-0.2, -0.15) is 0 Å². The Morgan fingerprint density at radius 3 is 2.58 bits per heavy atom. The molecule has 1 heterocycles. The van der Waals surface area contributed by atoms with Crippen LogP contribution >= 0.6 is 0 Å². The van der Waals surface area contributed by atoms with Crippen molar-refractivity contribution in [1.29, 1.82) is 0 Å². The summed E-state index contributed by atoms with van der Waals surface area (Å²) in [7, 11) is 0. The fourth-order valence-corrected chi connectivity index (χ4v) is 3.28. The van der Waals surface area contributed by atoms with Crippen molar-refractivity contribution in [2.75, 3.05) is 5.32 Å². The van der Waals surface area contributed by atoms with Crippen molar-refractivity contribution in [2.45, 2.75) is 52.1 Å². The van der Waals surface area contributed by atoms with Gasteiger partial charge in [0.25, 0.3) is 11.5 Å². The van der Waals surface area contributed by atoms with Gasteiger partial charge in [-0.25, -0.2) is 4.98 Å². The van der Waals surface area contributed by atoms with Crippen LogP contribution in [-0.2, 0) is 20.7 Å². The fraction of sp³-hybridized carbons (Fsp3) is 0.333. The van der Waals surface area contributed by atoms with Crippen molar-refractivity contribution in [3.8, 4) is 0 Å². The van der Waals surface area contributed by atoms with Crippen molar-refractivity contribution in [3.63, 3.8) is 0 Å². The molecule has 7 nitrogen and oxygen atoms in total. The van der Waals surface area contributed by atoms with Gasteiger partial charge < -0.3 is 15.0 Å². The average Bonchev–Trinajstić information content (AvgIpc) is 2.77. The Bertz CT molecular complexity index is 1140. The smallest absolute Gasteiger partial charge is 0.307 e. The zero-order valence-electron chi connectivity index (χ0n) is 18.0. The van der Waals surface area contributed by atoms with Crippen LogP contribution in [0, 0.1) is 0 Å². The van der Waals surface area contributed by atoms with E-state index in [0.29, 0.717) is 22.6 Å². The van der Waals surface area contributed by atoms with Gasteiger partial charge in [0.2, 0.25) is 0 Å². The molecule has 31 heavy (non-hydrogen) atoms. The lowest BCUT2D eigenvalue weighted by Crippen LogP contribution is -2.30. The largest absolute Gasteiger partial charge is 0.453 e. The maximum absolute atomic E-state index is 12.5. The number of H-pyrrole nitrogens is 1. The highest BCUT2D eigenvalue weighted by Crippen LogP contribution is 2.26. The highest BCUT2D eigenvalue weighted by Gasteiger charge is 2.20. The van der Waals surface area contributed by atoms with Gasteiger partial charge in [-0.1, -0.05) is 44.2 Å². The van der Waals surface area contributed by atoms with Gasteiger partial charge in [0.05, 0.1) is 17.3 Å². The van der Waals surface area contributed by atoms with E-state index in [0.717, 1.165) is 17.7 Å². The molecule has 3 aromatic rings. The summed E-state index contributed by atoms with van der Waals surface area (Å²) in [6, 6.07) is 14.6. The Balaban J connectivity index is 1.57. The summed E-state index contributed by atoms with van der Waals surface area (Å²) in [5.74, 6) is -0.221. The molecule has 0 aliphatic heterocycles. The molecule has 0 spiro atoms. The van der Waals surface area contributed by atoms with Crippen molar-refractivity contribution >= 4 is 28.5 Å². The van der Waals surface area contributed by atoms with E-state index in [1.165, 1.54) is 6.92 Å². The lowest BCUT2D eigenvalue weighted by Gasteiger charge is -2.18. The van der Waals surface area contributed by atoms with E-state index in [9.17, 15) is 14.4 Å². The number of aryl methyl sites for hydroxylation is 1. The number of para-hydroxylation sites is 2. The molecule has 0 saturated heterocycles. The topological polar surface area (TPSA) is 101 Å². The van der Waals surface area contributed by atoms with Gasteiger partial charge in [0.1, 0.15) is 5.82 Å². The number of esters is 1. The summed E-state index contributed by atoms with van der Waals surface area (Å²) in [4.78, 5) is 43.9. The standard InChI is InChI=1S/C24H27N3O4/c1-4-15(2)17-9-5-7-11-19(17)26-23(29)16(3)31-22(28)14-13-21-25-20-12-8-6-10-18(20)24(30)27-21/h5-12,15-16H,4,13-14H2,1-3H3,(H,26,29)(H,25,27,30)/t15-,16+/m1/s1. The van der Waals surface area contributed by atoms with Crippen molar-refractivity contribution in [3.05, 3.63) is 70.3 Å². The van der Waals surface area contributed by atoms with Crippen LogP contribution in [0.3, 0.4) is 0 Å². The summed E-state index contributed by atoms with van der Waals surface area (Å²) in [5.41, 5.74) is 2.09. The predicted molar refractivity (Wildman–Crippen MR) is 120 cm³/mol. The minimum Gasteiger partial charge on any atom is -0.453 e. The van der Waals surface area contributed by atoms with Crippen molar-refractivity contribution < 1.29 is 14.3 Å². The number of nitrogens with zero attached hydrogens (tertiary/aromatic N) is 1. The fourth-order valence-electron chi connectivity index (χ4n) is 3.28. The number of amides is 1. The number of aromatic amines is 1. The summed E-state index contributed by atoms with van der Waals surface area (Å²) in [6.45, 7) is 5.72. The normalized spacial score (nSPS) is 12.9. The predicted octanol–water partition coefficient (Wildman–Crippen LogP) is 3.94. The zero-order chi connectivity index (χ0) is 22.4. The number of rotatable bonds is 8. The summed E-state index contributed by atoms with van der Waals surface area (Å²) >= 11 is 0. The number of benzene rings is 2. The van der Waals surface area contributed by atoms with Gasteiger partial charge in [-0.15, -0.1) is 0 Å². The third-order valence-corrected chi connectivity index (χ3v) is 5.27. The molecule has 7 heteroatoms. The second kappa shape index (κ2) is 10.0. The monoisotopic (exact) mass is 421 g/mol. The number of carbonyl (C=O) groups is 2. The van der Waals surface area contributed by atoms with Crippen LogP contribution in [0.25, 0.3) is 10.9 Å². The molecule has 2 atom stereocenters. The van der Waals surface area contributed by atoms with Crippen LogP contribution in [0.1, 0.15) is 50.9 Å². The lowest BCUT2D eigenvalue weighted by atomic mass is 9.97. The van der Waals surface area contributed by atoms with E-state index >= 15 is 0 Å². The first-order chi connectivity index (χ1) is 14.9. The van der Waals surface area contributed by atoms with Crippen LogP contribution in [-0.4, -0.2) is 27.9 Å². The Morgan fingerprint density at radius 1 is 1.10 bits per heavy atom. The second-order valence-electron chi connectivity index (χ2n) is 7.55. The molecule has 1 aromatic heterocycles. The maximum atomic E-state index is 12.5. The number of fused-ring (bicyclic) bond motifs is 1. The molecular weight excluding hydrogens is 394 g/mol. The van der Waals surface area contributed by atoms with E-state index in [-0.39, 0.29) is 24.3 Å². The Morgan fingerprint density at radius 2 is 1.81 bits per heavy atom. The van der Waals surface area contributed by atoms with Gasteiger partial charge in [-0.3, -0.25) is 14.4 Å². The number of hydrogen-bond donors (Lipinski definition) is 2. The molecule has 0 saturated carbocycles. The van der Waals surface area contributed by atoms with Crippen molar-refractivity contribution in [2.24, 2.45) is 0 Å². The maximum Gasteiger partial charge on any atom is 0.307 e. The molecule has 2 N–H and O–H groups in total. The molecule has 0 unspecified atom stereocenters. The first kappa shape index (κ1) is 22.2. The number of hydrogen-bond acceptors (Lipinski definition) is 5. The molecule has 162 valence electrons. The first-order valence-corrected chi connectivity index (χ1v) is 10.5. The molecule has 0 aliphatic rings. The number of anilines is 1. The van der Waals surface area contributed by atoms with Crippen LogP contribution in [0.4, 0.5) is 5.69 Å². The lowest BCUT2D eigenvalue weighted by molar-refractivity contribution is -0.153. The molecule has 0 bridgehead atoms. The zero-order valence-corrected chi connectivity index (χ0v) is 18.0.